The maximum Gasteiger partial charge on any atom is 0.328 e. The van der Waals surface area contributed by atoms with Gasteiger partial charge in [-0.2, -0.15) is 0 Å². The van der Waals surface area contributed by atoms with Crippen LogP contribution in [-0.4, -0.2) is 70.5 Å². The van der Waals surface area contributed by atoms with Gasteiger partial charge in [0.2, 0.25) is 0 Å². The van der Waals surface area contributed by atoms with Crippen LogP contribution in [0, 0.1) is 0 Å². The summed E-state index contributed by atoms with van der Waals surface area (Å²) in [5.41, 5.74) is -0.636. The van der Waals surface area contributed by atoms with E-state index >= 15 is 0 Å². The van der Waals surface area contributed by atoms with Gasteiger partial charge in [0, 0.05) is 9.79 Å². The maximum absolute atomic E-state index is 13.0. The number of carboxylic acid groups (broad SMARTS) is 2. The molecule has 2 rings (SSSR count). The Bertz CT molecular complexity index is 1110. The number of nitrogens with one attached hydrogen (secondary N) is 2. The highest BCUT2D eigenvalue weighted by Crippen LogP contribution is 2.40. The van der Waals surface area contributed by atoms with Crippen LogP contribution >= 0.6 is 21.6 Å². The van der Waals surface area contributed by atoms with E-state index in [0.717, 1.165) is 0 Å². The number of rotatable bonds is 13. The largest absolute Gasteiger partial charge is 0.480 e. The molecule has 0 saturated carbocycles. The lowest BCUT2D eigenvalue weighted by Crippen LogP contribution is -2.45. The second-order valence-electron chi connectivity index (χ2n) is 10.7. The van der Waals surface area contributed by atoms with Gasteiger partial charge in [0.25, 0.3) is 11.8 Å². The number of carbonyl (C=O) groups excluding carboxylic acids is 2. The third kappa shape index (κ3) is 11.2. The number of benzene rings is 2. The second kappa shape index (κ2) is 14.5. The van der Waals surface area contributed by atoms with E-state index in [9.17, 15) is 29.4 Å². The van der Waals surface area contributed by atoms with Gasteiger partial charge in [-0.25, -0.2) is 9.59 Å². The van der Waals surface area contributed by atoms with Crippen molar-refractivity contribution in [3.8, 4) is 0 Å². The number of carboxylic acids is 2. The topological polar surface area (TPSA) is 151 Å². The van der Waals surface area contributed by atoms with Crippen LogP contribution in [0.25, 0.3) is 0 Å². The third-order valence-corrected chi connectivity index (χ3v) is 7.54. The molecule has 0 unspecified atom stereocenters. The number of amides is 2. The molecule has 0 fully saturated rings. The van der Waals surface area contributed by atoms with Crippen LogP contribution in [0.4, 0.5) is 0 Å². The van der Waals surface area contributed by atoms with Gasteiger partial charge >= 0.3 is 11.9 Å². The van der Waals surface area contributed by atoms with Crippen molar-refractivity contribution >= 4 is 45.3 Å². The zero-order chi connectivity index (χ0) is 30.1. The van der Waals surface area contributed by atoms with Crippen LogP contribution in [0.5, 0.6) is 0 Å². The summed E-state index contributed by atoms with van der Waals surface area (Å²) >= 11 is 0. The fraction of sp³-hybridized carbons (Fsp3) is 0.429. The van der Waals surface area contributed by atoms with Gasteiger partial charge in [-0.05, 0) is 65.8 Å². The first-order valence-corrected chi connectivity index (χ1v) is 14.6. The molecule has 4 N–H and O–H groups in total. The Kier molecular flexibility index (Phi) is 12.0. The van der Waals surface area contributed by atoms with Crippen molar-refractivity contribution in [3.05, 3.63) is 59.7 Å². The van der Waals surface area contributed by atoms with E-state index in [1.807, 2.05) is 0 Å². The molecule has 0 aliphatic carbocycles. The summed E-state index contributed by atoms with van der Waals surface area (Å²) in [5, 5.41) is 24.1. The molecule has 0 saturated heterocycles. The zero-order valence-electron chi connectivity index (χ0n) is 23.3. The van der Waals surface area contributed by atoms with Crippen LogP contribution in [0.15, 0.2) is 58.3 Å². The van der Waals surface area contributed by atoms with Crippen LogP contribution < -0.4 is 10.6 Å². The molecule has 0 aromatic heterocycles. The normalized spacial score (nSPS) is 13.2. The number of hydrogen-bond donors (Lipinski definition) is 4. The van der Waals surface area contributed by atoms with E-state index in [4.69, 9.17) is 9.47 Å². The molecule has 10 nitrogen and oxygen atoms in total. The molecule has 2 aromatic carbocycles. The number of carbonyl (C=O) groups is 4. The lowest BCUT2D eigenvalue weighted by molar-refractivity contribution is -0.143. The molecule has 2 aromatic rings. The van der Waals surface area contributed by atoms with Gasteiger partial charge in [-0.15, -0.1) is 0 Å². The summed E-state index contributed by atoms with van der Waals surface area (Å²) in [6.45, 7) is 10.3. The second-order valence-corrected chi connectivity index (χ2v) is 12.9. The molecule has 0 aliphatic rings. The van der Waals surface area contributed by atoms with Crippen LogP contribution in [0.2, 0.25) is 0 Å². The molecule has 12 heteroatoms. The van der Waals surface area contributed by atoms with Gasteiger partial charge in [0.15, 0.2) is 12.1 Å². The molecule has 0 radical (unpaired) electrons. The van der Waals surface area contributed by atoms with E-state index in [1.54, 1.807) is 90.1 Å². The van der Waals surface area contributed by atoms with Crippen molar-refractivity contribution in [2.45, 2.75) is 74.6 Å². The molecule has 0 bridgehead atoms. The Morgan fingerprint density at radius 1 is 0.675 bits per heavy atom. The fourth-order valence-corrected chi connectivity index (χ4v) is 5.39. The van der Waals surface area contributed by atoms with Gasteiger partial charge in [0.1, 0.15) is 0 Å². The lowest BCUT2D eigenvalue weighted by Gasteiger charge is -2.23. The molecular formula is C28H36N2O8S2. The maximum atomic E-state index is 13.0. The first-order valence-electron chi connectivity index (χ1n) is 12.5. The number of ether oxygens (including phenoxy) is 2. The highest BCUT2D eigenvalue weighted by atomic mass is 33.1. The Morgan fingerprint density at radius 2 is 1.00 bits per heavy atom. The Balaban J connectivity index is 2.17. The highest BCUT2D eigenvalue weighted by molar-refractivity contribution is 8.76. The van der Waals surface area contributed by atoms with Crippen molar-refractivity contribution in [3.63, 3.8) is 0 Å². The minimum absolute atomic E-state index is 0.199. The summed E-state index contributed by atoms with van der Waals surface area (Å²) in [6.07, 6.45) is 0. The quantitative estimate of drug-likeness (QED) is 0.245. The predicted octanol–water partition coefficient (Wildman–Crippen LogP) is 4.48. The molecule has 0 spiro atoms. The average molecular weight is 593 g/mol. The van der Waals surface area contributed by atoms with Gasteiger partial charge in [-0.3, -0.25) is 9.59 Å². The molecule has 218 valence electrons. The summed E-state index contributed by atoms with van der Waals surface area (Å²) in [7, 11) is 2.42. The van der Waals surface area contributed by atoms with E-state index < -0.39 is 47.0 Å². The van der Waals surface area contributed by atoms with E-state index in [-0.39, 0.29) is 24.3 Å². The average Bonchev–Trinajstić information content (AvgIpc) is 2.86. The van der Waals surface area contributed by atoms with Crippen molar-refractivity contribution in [1.82, 2.24) is 10.6 Å². The Labute approximate surface area is 242 Å². The first-order chi connectivity index (χ1) is 18.6. The minimum atomic E-state index is -1.24. The van der Waals surface area contributed by atoms with Crippen LogP contribution in [0.1, 0.15) is 62.3 Å². The van der Waals surface area contributed by atoms with Crippen LogP contribution in [-0.2, 0) is 19.1 Å². The van der Waals surface area contributed by atoms with Crippen LogP contribution in [0.3, 0.4) is 0 Å². The molecule has 0 heterocycles. The first kappa shape index (κ1) is 33.1. The van der Waals surface area contributed by atoms with Crippen molar-refractivity contribution < 1.29 is 38.9 Å². The van der Waals surface area contributed by atoms with E-state index in [0.29, 0.717) is 9.79 Å². The molecule has 40 heavy (non-hydrogen) atoms. The van der Waals surface area contributed by atoms with Gasteiger partial charge in [-0.1, -0.05) is 45.9 Å². The van der Waals surface area contributed by atoms with E-state index in [2.05, 4.69) is 10.6 Å². The summed E-state index contributed by atoms with van der Waals surface area (Å²) in [5.74, 6) is -3.60. The number of aliphatic carboxylic acids is 2. The molecule has 2 amide bonds. The van der Waals surface area contributed by atoms with Crippen molar-refractivity contribution in [2.24, 2.45) is 0 Å². The molecule has 0 aliphatic heterocycles. The summed E-state index contributed by atoms with van der Waals surface area (Å²) in [4.78, 5) is 50.5. The van der Waals surface area contributed by atoms with Gasteiger partial charge in [0.05, 0.1) is 35.5 Å². The van der Waals surface area contributed by atoms with Crippen molar-refractivity contribution in [1.29, 1.82) is 0 Å². The van der Waals surface area contributed by atoms with Crippen molar-refractivity contribution in [2.75, 3.05) is 13.2 Å². The SMILES string of the molecule is CC(C)(C)OC[C@H](NC(=O)c1ccccc1SSc1ccccc1C(=O)N[C@@H](COC(C)(C)C)C(=O)O)C(=O)O. The van der Waals surface area contributed by atoms with E-state index in [1.165, 1.54) is 21.6 Å². The summed E-state index contributed by atoms with van der Waals surface area (Å²) in [6, 6.07) is 10.9. The Hall–Kier alpha value is -3.06. The standard InChI is InChI=1S/C28H36N2O8S2/c1-27(2,3)37-15-19(25(33)34)29-23(31)17-11-7-9-13-21(17)39-40-22-14-10-8-12-18(22)24(32)30-20(26(35)36)16-38-28(4,5)6/h7-14,19-20H,15-16H2,1-6H3,(H,29,31)(H,30,32)(H,33,34)(H,35,36)/t19-,20-/m0/s1. The molecular weight excluding hydrogens is 556 g/mol. The smallest absolute Gasteiger partial charge is 0.328 e. The minimum Gasteiger partial charge on any atom is -0.480 e. The lowest BCUT2D eigenvalue weighted by atomic mass is 10.1. The molecule has 2 atom stereocenters. The highest BCUT2D eigenvalue weighted by Gasteiger charge is 2.26. The predicted molar refractivity (Wildman–Crippen MR) is 154 cm³/mol. The zero-order valence-corrected chi connectivity index (χ0v) is 25.0. The summed E-state index contributed by atoms with van der Waals surface area (Å²) < 4.78 is 11.1. The third-order valence-electron chi connectivity index (χ3n) is 5.06. The Morgan fingerprint density at radius 3 is 1.30 bits per heavy atom. The van der Waals surface area contributed by atoms with Gasteiger partial charge < -0.3 is 30.3 Å². The monoisotopic (exact) mass is 592 g/mol. The number of hydrogen-bond acceptors (Lipinski definition) is 8. The fourth-order valence-electron chi connectivity index (χ4n) is 3.03.